The number of hydrogen-bond donors (Lipinski definition) is 1. The molecule has 0 bridgehead atoms. The van der Waals surface area contributed by atoms with E-state index in [9.17, 15) is 13.2 Å². The Kier molecular flexibility index (Phi) is 7.11. The average molecular weight is 515 g/mol. The van der Waals surface area contributed by atoms with E-state index in [2.05, 4.69) is 15.5 Å². The summed E-state index contributed by atoms with van der Waals surface area (Å²) >= 11 is 7.09. The number of halogens is 1. The normalized spacial score (nSPS) is 11.1. The lowest BCUT2D eigenvalue weighted by molar-refractivity contribution is -0.114. The van der Waals surface area contributed by atoms with E-state index in [1.54, 1.807) is 66.7 Å². The largest absolute Gasteiger partial charge is 0.497 e. The van der Waals surface area contributed by atoms with Gasteiger partial charge in [-0.15, -0.1) is 10.2 Å². The van der Waals surface area contributed by atoms with E-state index < -0.39 is 22.5 Å². The van der Waals surface area contributed by atoms with Crippen LogP contribution in [0.2, 0.25) is 5.02 Å². The van der Waals surface area contributed by atoms with Crippen molar-refractivity contribution in [2.45, 2.75) is 4.90 Å². The summed E-state index contributed by atoms with van der Waals surface area (Å²) in [5.74, 6) is 0.00276. The summed E-state index contributed by atoms with van der Waals surface area (Å²) in [4.78, 5) is 12.9. The van der Waals surface area contributed by atoms with Gasteiger partial charge in [0, 0.05) is 10.6 Å². The maximum Gasteiger partial charge on any atom is 0.264 e. The van der Waals surface area contributed by atoms with Crippen LogP contribution < -0.4 is 14.4 Å². The highest BCUT2D eigenvalue weighted by atomic mass is 35.5. The lowest BCUT2D eigenvalue weighted by atomic mass is 10.2. The number of rotatable bonds is 8. The molecule has 34 heavy (non-hydrogen) atoms. The van der Waals surface area contributed by atoms with Gasteiger partial charge >= 0.3 is 0 Å². The summed E-state index contributed by atoms with van der Waals surface area (Å²) in [7, 11) is -2.50. The highest BCUT2D eigenvalue weighted by Crippen LogP contribution is 2.28. The number of aromatic nitrogens is 2. The standard InChI is InChI=1S/C23H19ClN4O4S2/c1-32-19-13-11-18(12-14-19)28(34(30,31)20-5-3-2-4-6-20)15-21(29)25-23-27-26-22(33-23)16-7-9-17(24)10-8-16/h2-14H,15H2,1H3,(H,25,27,29). The van der Waals surface area contributed by atoms with E-state index in [1.165, 1.54) is 30.6 Å². The van der Waals surface area contributed by atoms with Crippen molar-refractivity contribution in [1.29, 1.82) is 0 Å². The molecule has 0 aliphatic rings. The molecule has 0 fully saturated rings. The molecule has 0 saturated carbocycles. The van der Waals surface area contributed by atoms with Gasteiger partial charge in [0.05, 0.1) is 17.7 Å². The molecule has 1 heterocycles. The van der Waals surface area contributed by atoms with Crippen LogP contribution in [0.3, 0.4) is 0 Å². The summed E-state index contributed by atoms with van der Waals surface area (Å²) in [5.41, 5.74) is 1.12. The molecule has 8 nitrogen and oxygen atoms in total. The van der Waals surface area contributed by atoms with Crippen molar-refractivity contribution in [2.75, 3.05) is 23.3 Å². The van der Waals surface area contributed by atoms with E-state index in [0.717, 1.165) is 9.87 Å². The zero-order valence-electron chi connectivity index (χ0n) is 17.9. The molecule has 0 unspecified atom stereocenters. The van der Waals surface area contributed by atoms with Crippen molar-refractivity contribution in [1.82, 2.24) is 10.2 Å². The average Bonchev–Trinajstić information content (AvgIpc) is 3.32. The molecule has 0 saturated heterocycles. The van der Waals surface area contributed by atoms with Crippen molar-refractivity contribution in [3.05, 3.63) is 83.9 Å². The van der Waals surface area contributed by atoms with Gasteiger partial charge in [-0.25, -0.2) is 8.42 Å². The minimum absolute atomic E-state index is 0.0690. The molecule has 1 aromatic heterocycles. The predicted octanol–water partition coefficient (Wildman–Crippen LogP) is 4.70. The molecule has 174 valence electrons. The Morgan fingerprint density at radius 2 is 1.68 bits per heavy atom. The van der Waals surface area contributed by atoms with E-state index in [-0.39, 0.29) is 10.0 Å². The van der Waals surface area contributed by atoms with Gasteiger partial charge in [-0.1, -0.05) is 53.3 Å². The number of amides is 1. The van der Waals surface area contributed by atoms with Gasteiger partial charge in [0.25, 0.3) is 10.0 Å². The van der Waals surface area contributed by atoms with Crippen molar-refractivity contribution in [3.63, 3.8) is 0 Å². The number of carbonyl (C=O) groups excluding carboxylic acids is 1. The summed E-state index contributed by atoms with van der Waals surface area (Å²) in [5, 5.41) is 12.2. The lowest BCUT2D eigenvalue weighted by Gasteiger charge is -2.24. The first-order valence-electron chi connectivity index (χ1n) is 9.98. The van der Waals surface area contributed by atoms with Crippen LogP contribution in [0.1, 0.15) is 0 Å². The summed E-state index contributed by atoms with van der Waals surface area (Å²) in [6.45, 7) is -0.459. The van der Waals surface area contributed by atoms with Crippen LogP contribution in [0.4, 0.5) is 10.8 Å². The summed E-state index contributed by atoms with van der Waals surface area (Å²) < 4.78 is 32.9. The number of nitrogens with zero attached hydrogens (tertiary/aromatic N) is 3. The quantitative estimate of drug-likeness (QED) is 0.365. The minimum Gasteiger partial charge on any atom is -0.497 e. The summed E-state index contributed by atoms with van der Waals surface area (Å²) in [6.07, 6.45) is 0. The number of sulfonamides is 1. The van der Waals surface area contributed by atoms with E-state index in [0.29, 0.717) is 21.5 Å². The third-order valence-corrected chi connectivity index (χ3v) is 7.67. The van der Waals surface area contributed by atoms with Crippen LogP contribution in [0, 0.1) is 0 Å². The van der Waals surface area contributed by atoms with Crippen LogP contribution in [0.25, 0.3) is 10.6 Å². The molecule has 0 aliphatic carbocycles. The van der Waals surface area contributed by atoms with Gasteiger partial charge < -0.3 is 4.74 Å². The Bertz CT molecular complexity index is 1380. The molecule has 0 atom stereocenters. The molecule has 0 aliphatic heterocycles. The molecule has 1 amide bonds. The first-order chi connectivity index (χ1) is 16.4. The minimum atomic E-state index is -4.02. The van der Waals surface area contributed by atoms with Crippen molar-refractivity contribution < 1.29 is 17.9 Å². The Hall–Kier alpha value is -3.47. The Balaban J connectivity index is 1.57. The topological polar surface area (TPSA) is 101 Å². The fourth-order valence-electron chi connectivity index (χ4n) is 3.06. The molecular formula is C23H19ClN4O4S2. The molecule has 0 radical (unpaired) electrons. The number of anilines is 2. The van der Waals surface area contributed by atoms with Gasteiger partial charge in [-0.05, 0) is 48.5 Å². The second-order valence-corrected chi connectivity index (χ2v) is 10.3. The van der Waals surface area contributed by atoms with E-state index in [4.69, 9.17) is 16.3 Å². The van der Waals surface area contributed by atoms with E-state index in [1.807, 2.05) is 0 Å². The fraction of sp³-hybridized carbons (Fsp3) is 0.0870. The number of ether oxygens (including phenoxy) is 1. The van der Waals surface area contributed by atoms with Crippen LogP contribution in [0.15, 0.2) is 83.8 Å². The maximum atomic E-state index is 13.4. The second kappa shape index (κ2) is 10.2. The van der Waals surface area contributed by atoms with Crippen molar-refractivity contribution in [2.24, 2.45) is 0 Å². The first-order valence-corrected chi connectivity index (χ1v) is 12.6. The van der Waals surface area contributed by atoms with Crippen molar-refractivity contribution >= 4 is 49.7 Å². The number of carbonyl (C=O) groups is 1. The van der Waals surface area contributed by atoms with Crippen LogP contribution in [-0.4, -0.2) is 38.2 Å². The third kappa shape index (κ3) is 5.36. The highest BCUT2D eigenvalue weighted by molar-refractivity contribution is 7.92. The molecule has 1 N–H and O–H groups in total. The zero-order chi connectivity index (χ0) is 24.1. The van der Waals surface area contributed by atoms with Gasteiger partial charge in [-0.3, -0.25) is 14.4 Å². The zero-order valence-corrected chi connectivity index (χ0v) is 20.3. The maximum absolute atomic E-state index is 13.4. The van der Waals surface area contributed by atoms with Gasteiger partial charge in [0.1, 0.15) is 17.3 Å². The number of nitrogens with one attached hydrogen (secondary N) is 1. The lowest BCUT2D eigenvalue weighted by Crippen LogP contribution is -2.38. The Labute approximate surface area is 205 Å². The number of methoxy groups -OCH3 is 1. The van der Waals surface area contributed by atoms with Crippen LogP contribution >= 0.6 is 22.9 Å². The van der Waals surface area contributed by atoms with Crippen molar-refractivity contribution in [3.8, 4) is 16.3 Å². The monoisotopic (exact) mass is 514 g/mol. The van der Waals surface area contributed by atoms with Gasteiger partial charge in [0.15, 0.2) is 0 Å². The van der Waals surface area contributed by atoms with Gasteiger partial charge in [0.2, 0.25) is 11.0 Å². The molecule has 3 aromatic carbocycles. The molecule has 4 aromatic rings. The molecule has 0 spiro atoms. The predicted molar refractivity (Wildman–Crippen MR) is 133 cm³/mol. The smallest absolute Gasteiger partial charge is 0.264 e. The van der Waals surface area contributed by atoms with E-state index >= 15 is 0 Å². The third-order valence-electron chi connectivity index (χ3n) is 4.74. The highest BCUT2D eigenvalue weighted by Gasteiger charge is 2.27. The molecule has 4 rings (SSSR count). The Morgan fingerprint density at radius 3 is 2.32 bits per heavy atom. The first kappa shape index (κ1) is 23.7. The SMILES string of the molecule is COc1ccc(N(CC(=O)Nc2nnc(-c3ccc(Cl)cc3)s2)S(=O)(=O)c2ccccc2)cc1. The van der Waals surface area contributed by atoms with Crippen LogP contribution in [0.5, 0.6) is 5.75 Å². The van der Waals surface area contributed by atoms with Crippen LogP contribution in [-0.2, 0) is 14.8 Å². The molecule has 11 heteroatoms. The number of hydrogen-bond acceptors (Lipinski definition) is 7. The summed E-state index contributed by atoms with van der Waals surface area (Å²) in [6, 6.07) is 21.4. The Morgan fingerprint density at radius 1 is 1.00 bits per heavy atom. The fourth-order valence-corrected chi connectivity index (χ4v) is 5.39. The second-order valence-electron chi connectivity index (χ2n) is 6.99. The number of benzene rings is 3. The molecular weight excluding hydrogens is 496 g/mol. The van der Waals surface area contributed by atoms with Gasteiger partial charge in [-0.2, -0.15) is 0 Å².